The van der Waals surface area contributed by atoms with Crippen LogP contribution in [-0.2, 0) is 0 Å². The third-order valence-corrected chi connectivity index (χ3v) is 3.61. The van der Waals surface area contributed by atoms with Gasteiger partial charge in [0.1, 0.15) is 0 Å². The molecule has 28 heavy (non-hydrogen) atoms. The summed E-state index contributed by atoms with van der Waals surface area (Å²) >= 11 is 5.72. The summed E-state index contributed by atoms with van der Waals surface area (Å²) in [6.45, 7) is 0.716. The summed E-state index contributed by atoms with van der Waals surface area (Å²) in [6.07, 6.45) is 0.524. The highest BCUT2D eigenvalue weighted by atomic mass is 35.5. The average Bonchev–Trinajstić information content (AvgIpc) is 2.65. The van der Waals surface area contributed by atoms with Gasteiger partial charge in [-0.15, -0.1) is 0 Å². The van der Waals surface area contributed by atoms with Crippen LogP contribution in [0.4, 0.5) is 22.1 Å². The third kappa shape index (κ3) is 6.29. The predicted molar refractivity (Wildman–Crippen MR) is 107 cm³/mol. The Hall–Kier alpha value is -3.60. The van der Waals surface area contributed by atoms with Gasteiger partial charge in [0.2, 0.25) is 0 Å². The molecule has 2 rings (SSSR count). The quantitative estimate of drug-likeness (QED) is 0.210. The van der Waals surface area contributed by atoms with Gasteiger partial charge in [-0.25, -0.2) is 14.8 Å². The van der Waals surface area contributed by atoms with E-state index in [0.29, 0.717) is 25.2 Å². The van der Waals surface area contributed by atoms with Gasteiger partial charge in [-0.1, -0.05) is 29.8 Å². The van der Waals surface area contributed by atoms with Crippen molar-refractivity contribution >= 4 is 46.8 Å². The summed E-state index contributed by atoms with van der Waals surface area (Å²) in [5.74, 6) is -1.29. The van der Waals surface area contributed by atoms with E-state index in [0.717, 1.165) is 0 Å². The van der Waals surface area contributed by atoms with Crippen molar-refractivity contribution in [2.45, 2.75) is 6.42 Å². The van der Waals surface area contributed by atoms with E-state index >= 15 is 0 Å². The van der Waals surface area contributed by atoms with E-state index in [4.69, 9.17) is 28.5 Å². The number of urea groups is 1. The minimum absolute atomic E-state index is 0.0901. The zero-order valence-electron chi connectivity index (χ0n) is 14.8. The summed E-state index contributed by atoms with van der Waals surface area (Å²) in [5, 5.41) is 17.9. The zero-order valence-corrected chi connectivity index (χ0v) is 15.5. The maximum atomic E-state index is 12.1. The average molecular weight is 406 g/mol. The van der Waals surface area contributed by atoms with Crippen LogP contribution in [0, 0.1) is 5.41 Å². The maximum Gasteiger partial charge on any atom is 0.319 e. The van der Waals surface area contributed by atoms with E-state index < -0.39 is 5.91 Å². The molecular weight excluding hydrogens is 386 g/mol. The largest absolute Gasteiger partial charge is 0.382 e. The molecule has 1 aromatic carbocycles. The molecule has 0 aliphatic heterocycles. The molecule has 0 aliphatic carbocycles. The molecule has 0 spiro atoms. The second-order valence-corrected chi connectivity index (χ2v) is 5.85. The van der Waals surface area contributed by atoms with Crippen molar-refractivity contribution < 1.29 is 9.59 Å². The molecule has 0 saturated carbocycles. The van der Waals surface area contributed by atoms with Gasteiger partial charge in [-0.3, -0.25) is 15.5 Å². The number of carbonyl (C=O) groups excluding carboxylic acids is 2. The molecule has 0 fully saturated rings. The Morgan fingerprint density at radius 1 is 1.04 bits per heavy atom. The fourth-order valence-corrected chi connectivity index (χ4v) is 2.15. The number of amides is 3. The second-order valence-electron chi connectivity index (χ2n) is 5.49. The molecule has 0 saturated heterocycles. The standard InChI is InChI=1S/C16H20ClN9O2/c17-11-13(19)25-12(18)10(24-11)14(27)26-15(20)21-7-4-8-22-16(28)23-9-5-2-1-3-6-9/h1-3,5-6H,4,7-8H2,(H4,18,19,25)(H2,22,23,28)(H3,20,21,26,27). The molecular formula is C16H20ClN9O2. The second kappa shape index (κ2) is 9.92. The SMILES string of the molecule is N=C(NCCCNC(=O)Nc1ccccc1)NC(=O)c1nc(Cl)c(N)nc1N. The fraction of sp³-hybridized carbons (Fsp3) is 0.188. The van der Waals surface area contributed by atoms with E-state index in [1.54, 1.807) is 12.1 Å². The van der Waals surface area contributed by atoms with Crippen molar-refractivity contribution in [2.24, 2.45) is 0 Å². The molecule has 0 bridgehead atoms. The molecule has 3 amide bonds. The molecule has 1 heterocycles. The van der Waals surface area contributed by atoms with Crippen molar-refractivity contribution in [3.63, 3.8) is 0 Å². The van der Waals surface area contributed by atoms with Gasteiger partial charge >= 0.3 is 6.03 Å². The van der Waals surface area contributed by atoms with Crippen molar-refractivity contribution in [3.05, 3.63) is 41.2 Å². The highest BCUT2D eigenvalue weighted by Crippen LogP contribution is 2.17. The van der Waals surface area contributed by atoms with Crippen molar-refractivity contribution in [2.75, 3.05) is 29.9 Å². The number of nitrogens with two attached hydrogens (primary N) is 2. The smallest absolute Gasteiger partial charge is 0.319 e. The number of nitrogen functional groups attached to an aromatic ring is 2. The molecule has 148 valence electrons. The number of nitrogens with one attached hydrogen (secondary N) is 5. The summed E-state index contributed by atoms with van der Waals surface area (Å²) in [5.41, 5.74) is 11.5. The van der Waals surface area contributed by atoms with Gasteiger partial charge in [-0.2, -0.15) is 0 Å². The lowest BCUT2D eigenvalue weighted by molar-refractivity contribution is 0.0971. The first-order valence-electron chi connectivity index (χ1n) is 8.19. The van der Waals surface area contributed by atoms with E-state index in [1.807, 2.05) is 18.2 Å². The number of para-hydroxylation sites is 1. The van der Waals surface area contributed by atoms with Crippen LogP contribution in [0.1, 0.15) is 16.9 Å². The van der Waals surface area contributed by atoms with Gasteiger partial charge < -0.3 is 27.4 Å². The van der Waals surface area contributed by atoms with E-state index in [2.05, 4.69) is 31.2 Å². The highest BCUT2D eigenvalue weighted by molar-refractivity contribution is 6.31. The molecule has 2 aromatic rings. The number of anilines is 3. The van der Waals surface area contributed by atoms with E-state index in [1.165, 1.54) is 0 Å². The van der Waals surface area contributed by atoms with Crippen LogP contribution in [0.25, 0.3) is 0 Å². The van der Waals surface area contributed by atoms with Gasteiger partial charge in [0.05, 0.1) is 0 Å². The minimum Gasteiger partial charge on any atom is -0.382 e. The molecule has 12 heteroatoms. The van der Waals surface area contributed by atoms with Crippen LogP contribution in [0.3, 0.4) is 0 Å². The van der Waals surface area contributed by atoms with Crippen LogP contribution in [0.2, 0.25) is 5.15 Å². The predicted octanol–water partition coefficient (Wildman–Crippen LogP) is 0.760. The van der Waals surface area contributed by atoms with Crippen LogP contribution in [-0.4, -0.2) is 41.0 Å². The number of hydrogen-bond acceptors (Lipinski definition) is 7. The lowest BCUT2D eigenvalue weighted by Crippen LogP contribution is -2.42. The zero-order chi connectivity index (χ0) is 20.5. The highest BCUT2D eigenvalue weighted by Gasteiger charge is 2.16. The van der Waals surface area contributed by atoms with Crippen molar-refractivity contribution in [1.82, 2.24) is 25.9 Å². The lowest BCUT2D eigenvalue weighted by Gasteiger charge is -2.11. The Labute approximate surface area is 165 Å². The molecule has 1 aromatic heterocycles. The van der Waals surface area contributed by atoms with Crippen LogP contribution >= 0.6 is 11.6 Å². The Kier molecular flexibility index (Phi) is 7.34. The van der Waals surface area contributed by atoms with Crippen LogP contribution in [0.5, 0.6) is 0 Å². The van der Waals surface area contributed by atoms with Crippen LogP contribution < -0.4 is 32.7 Å². The Morgan fingerprint density at radius 2 is 1.71 bits per heavy atom. The number of carbonyl (C=O) groups is 2. The molecule has 0 aliphatic rings. The summed E-state index contributed by atoms with van der Waals surface area (Å²) in [7, 11) is 0. The summed E-state index contributed by atoms with van der Waals surface area (Å²) in [6, 6.07) is 8.70. The van der Waals surface area contributed by atoms with Crippen molar-refractivity contribution in [3.8, 4) is 0 Å². The van der Waals surface area contributed by atoms with E-state index in [9.17, 15) is 9.59 Å². The van der Waals surface area contributed by atoms with Gasteiger partial charge in [0.25, 0.3) is 5.91 Å². The number of benzene rings is 1. The molecule has 11 nitrogen and oxygen atoms in total. The van der Waals surface area contributed by atoms with Gasteiger partial charge in [-0.05, 0) is 18.6 Å². The van der Waals surface area contributed by atoms with E-state index in [-0.39, 0.29) is 34.5 Å². The number of nitrogens with zero attached hydrogens (tertiary/aromatic N) is 2. The number of halogens is 1. The first-order valence-corrected chi connectivity index (χ1v) is 8.56. The first kappa shape index (κ1) is 20.7. The van der Waals surface area contributed by atoms with Crippen molar-refractivity contribution in [1.29, 1.82) is 5.41 Å². The summed E-state index contributed by atoms with van der Waals surface area (Å²) in [4.78, 5) is 31.2. The normalized spacial score (nSPS) is 10.0. The third-order valence-electron chi connectivity index (χ3n) is 3.33. The minimum atomic E-state index is -0.746. The topological polar surface area (TPSA) is 184 Å². The monoisotopic (exact) mass is 405 g/mol. The number of guanidine groups is 1. The molecule has 0 atom stereocenters. The Bertz CT molecular complexity index is 861. The number of aromatic nitrogens is 2. The number of hydrogen-bond donors (Lipinski definition) is 7. The lowest BCUT2D eigenvalue weighted by atomic mass is 10.3. The maximum absolute atomic E-state index is 12.1. The molecule has 9 N–H and O–H groups in total. The Morgan fingerprint density at radius 3 is 2.43 bits per heavy atom. The summed E-state index contributed by atoms with van der Waals surface area (Å²) < 4.78 is 0. The van der Waals surface area contributed by atoms with Crippen LogP contribution in [0.15, 0.2) is 30.3 Å². The molecule has 0 radical (unpaired) electrons. The van der Waals surface area contributed by atoms with Gasteiger partial charge in [0, 0.05) is 18.8 Å². The van der Waals surface area contributed by atoms with Gasteiger partial charge in [0.15, 0.2) is 28.4 Å². The fourth-order valence-electron chi connectivity index (χ4n) is 2.03. The molecule has 0 unspecified atom stereocenters. The number of rotatable bonds is 6. The Balaban J connectivity index is 1.67. The first-order chi connectivity index (χ1) is 13.4.